The lowest BCUT2D eigenvalue weighted by Gasteiger charge is -2.17. The van der Waals surface area contributed by atoms with Gasteiger partial charge in [-0.15, -0.1) is 0 Å². The molecule has 0 radical (unpaired) electrons. The molecule has 0 unspecified atom stereocenters. The fourth-order valence-electron chi connectivity index (χ4n) is 2.95. The van der Waals surface area contributed by atoms with Crippen LogP contribution in [0.15, 0.2) is 41.2 Å². The Hall–Kier alpha value is -3.17. The Kier molecular flexibility index (Phi) is 5.71. The van der Waals surface area contributed by atoms with Crippen molar-refractivity contribution in [3.8, 4) is 11.4 Å². The van der Waals surface area contributed by atoms with E-state index < -0.39 is 29.0 Å². The summed E-state index contributed by atoms with van der Waals surface area (Å²) in [6.07, 6.45) is -3.33. The van der Waals surface area contributed by atoms with Crippen molar-refractivity contribution in [2.45, 2.75) is 32.5 Å². The second kappa shape index (κ2) is 8.06. The van der Waals surface area contributed by atoms with E-state index in [-0.39, 0.29) is 6.61 Å². The second-order valence-corrected chi connectivity index (χ2v) is 6.39. The molecule has 0 atom stereocenters. The minimum Gasteiger partial charge on any atom is -0.488 e. The molecule has 3 rings (SSSR count). The van der Waals surface area contributed by atoms with Crippen LogP contribution in [0, 0.1) is 5.82 Å². The first-order valence-electron chi connectivity index (χ1n) is 8.82. The second-order valence-electron chi connectivity index (χ2n) is 6.39. The van der Waals surface area contributed by atoms with Gasteiger partial charge in [0.2, 0.25) is 0 Å². The minimum atomic E-state index is -4.70. The van der Waals surface area contributed by atoms with Crippen LogP contribution in [-0.4, -0.2) is 19.8 Å². The first kappa shape index (κ1) is 20.6. The lowest BCUT2D eigenvalue weighted by atomic mass is 10.0. The SMILES string of the molecule is CCCc1cccc(-n2nnn(C)c2=O)c1COc1cc(F)ccc1C(F)(F)F. The predicted octanol–water partition coefficient (Wildman–Crippen LogP) is 3.66. The van der Waals surface area contributed by atoms with Crippen molar-refractivity contribution in [1.82, 2.24) is 19.8 Å². The van der Waals surface area contributed by atoms with E-state index in [1.165, 1.54) is 7.05 Å². The van der Waals surface area contributed by atoms with Crippen LogP contribution < -0.4 is 10.4 Å². The van der Waals surface area contributed by atoms with Crippen molar-refractivity contribution in [3.05, 3.63) is 69.4 Å². The van der Waals surface area contributed by atoms with Gasteiger partial charge in [0, 0.05) is 18.7 Å². The molecule has 154 valence electrons. The molecule has 0 saturated heterocycles. The van der Waals surface area contributed by atoms with Crippen LogP contribution in [0.2, 0.25) is 0 Å². The Morgan fingerprint density at radius 3 is 2.52 bits per heavy atom. The monoisotopic (exact) mass is 410 g/mol. The summed E-state index contributed by atoms with van der Waals surface area (Å²) in [5, 5.41) is 7.46. The van der Waals surface area contributed by atoms with E-state index in [1.54, 1.807) is 18.2 Å². The predicted molar refractivity (Wildman–Crippen MR) is 96.3 cm³/mol. The summed E-state index contributed by atoms with van der Waals surface area (Å²) < 4.78 is 60.7. The van der Waals surface area contributed by atoms with E-state index in [9.17, 15) is 22.4 Å². The molecule has 1 heterocycles. The van der Waals surface area contributed by atoms with E-state index in [4.69, 9.17) is 4.74 Å². The average Bonchev–Trinajstić information content (AvgIpc) is 2.98. The molecule has 29 heavy (non-hydrogen) atoms. The zero-order chi connectivity index (χ0) is 21.2. The van der Waals surface area contributed by atoms with Crippen LogP contribution in [0.3, 0.4) is 0 Å². The normalized spacial score (nSPS) is 11.7. The summed E-state index contributed by atoms with van der Waals surface area (Å²) in [7, 11) is 1.43. The van der Waals surface area contributed by atoms with Crippen LogP contribution >= 0.6 is 0 Å². The molecule has 2 aromatic carbocycles. The highest BCUT2D eigenvalue weighted by molar-refractivity contribution is 5.46. The highest BCUT2D eigenvalue weighted by Crippen LogP contribution is 2.37. The zero-order valence-corrected chi connectivity index (χ0v) is 15.7. The summed E-state index contributed by atoms with van der Waals surface area (Å²) in [6.45, 7) is 1.64. The Bertz CT molecular complexity index is 1070. The molecule has 0 bridgehead atoms. The maximum absolute atomic E-state index is 13.5. The highest BCUT2D eigenvalue weighted by Gasteiger charge is 2.34. The number of ether oxygens (including phenoxy) is 1. The van der Waals surface area contributed by atoms with Gasteiger partial charge >= 0.3 is 11.9 Å². The van der Waals surface area contributed by atoms with Gasteiger partial charge < -0.3 is 4.74 Å². The van der Waals surface area contributed by atoms with Crippen LogP contribution in [0.4, 0.5) is 17.6 Å². The van der Waals surface area contributed by atoms with Crippen molar-refractivity contribution in [1.29, 1.82) is 0 Å². The third-order valence-corrected chi connectivity index (χ3v) is 4.34. The first-order valence-corrected chi connectivity index (χ1v) is 8.82. The number of hydrogen-bond acceptors (Lipinski definition) is 4. The van der Waals surface area contributed by atoms with Crippen molar-refractivity contribution < 1.29 is 22.3 Å². The quantitative estimate of drug-likeness (QED) is 0.582. The number of aryl methyl sites for hydroxylation is 2. The maximum atomic E-state index is 13.5. The van der Waals surface area contributed by atoms with Crippen LogP contribution in [-0.2, 0) is 26.3 Å². The topological polar surface area (TPSA) is 61.9 Å². The van der Waals surface area contributed by atoms with E-state index in [0.717, 1.165) is 27.4 Å². The largest absolute Gasteiger partial charge is 0.488 e. The Morgan fingerprint density at radius 2 is 1.90 bits per heavy atom. The molecular weight excluding hydrogens is 392 g/mol. The highest BCUT2D eigenvalue weighted by atomic mass is 19.4. The number of alkyl halides is 3. The van der Waals surface area contributed by atoms with Gasteiger partial charge in [-0.2, -0.15) is 22.5 Å². The number of tetrazole rings is 1. The number of benzene rings is 2. The van der Waals surface area contributed by atoms with Gasteiger partial charge in [0.05, 0.1) is 11.3 Å². The Labute approximate surface area is 163 Å². The minimum absolute atomic E-state index is 0.305. The summed E-state index contributed by atoms with van der Waals surface area (Å²) in [5.41, 5.74) is 0.0209. The van der Waals surface area contributed by atoms with Gasteiger partial charge in [-0.05, 0) is 40.6 Å². The number of halogens is 4. The fourth-order valence-corrected chi connectivity index (χ4v) is 2.95. The standard InChI is InChI=1S/C19H18F4N4O2/c1-3-5-12-6-4-7-16(27-18(28)26(2)24-25-27)14(12)11-29-17-10-13(20)8-9-15(17)19(21,22)23/h4,6-10H,3,5,11H2,1-2H3. The zero-order valence-electron chi connectivity index (χ0n) is 15.7. The summed E-state index contributed by atoms with van der Waals surface area (Å²) >= 11 is 0. The van der Waals surface area contributed by atoms with E-state index >= 15 is 0 Å². The summed E-state index contributed by atoms with van der Waals surface area (Å²) in [6, 6.07) is 7.17. The molecule has 0 aliphatic heterocycles. The number of rotatable bonds is 6. The van der Waals surface area contributed by atoms with Gasteiger partial charge in [-0.25, -0.2) is 9.18 Å². The van der Waals surface area contributed by atoms with Crippen molar-refractivity contribution in [2.75, 3.05) is 0 Å². The molecule has 1 aromatic heterocycles. The van der Waals surface area contributed by atoms with Gasteiger partial charge in [-0.1, -0.05) is 25.5 Å². The molecule has 3 aromatic rings. The van der Waals surface area contributed by atoms with Crippen molar-refractivity contribution in [2.24, 2.45) is 7.05 Å². The van der Waals surface area contributed by atoms with Crippen LogP contribution in [0.5, 0.6) is 5.75 Å². The average molecular weight is 410 g/mol. The maximum Gasteiger partial charge on any atom is 0.419 e. The lowest BCUT2D eigenvalue weighted by Crippen LogP contribution is -2.23. The third-order valence-electron chi connectivity index (χ3n) is 4.34. The molecule has 0 amide bonds. The van der Waals surface area contributed by atoms with E-state index in [0.29, 0.717) is 29.8 Å². The molecule has 0 aliphatic rings. The Balaban J connectivity index is 2.05. The molecule has 10 heteroatoms. The van der Waals surface area contributed by atoms with E-state index in [2.05, 4.69) is 10.4 Å². The molecule has 0 aliphatic carbocycles. The molecule has 0 N–H and O–H groups in total. The van der Waals surface area contributed by atoms with Gasteiger partial charge in [-0.3, -0.25) is 0 Å². The van der Waals surface area contributed by atoms with Gasteiger partial charge in [0.1, 0.15) is 18.2 Å². The smallest absolute Gasteiger partial charge is 0.419 e. The number of nitrogens with zero attached hydrogens (tertiary/aromatic N) is 4. The van der Waals surface area contributed by atoms with Crippen LogP contribution in [0.1, 0.15) is 30.0 Å². The van der Waals surface area contributed by atoms with Crippen molar-refractivity contribution in [3.63, 3.8) is 0 Å². The molecule has 0 fully saturated rings. The summed E-state index contributed by atoms with van der Waals surface area (Å²) in [4.78, 5) is 12.3. The van der Waals surface area contributed by atoms with Gasteiger partial charge in [0.25, 0.3) is 0 Å². The number of hydrogen-bond donors (Lipinski definition) is 0. The number of aromatic nitrogens is 4. The summed E-state index contributed by atoms with van der Waals surface area (Å²) in [5.74, 6) is -1.47. The molecular formula is C19H18F4N4O2. The van der Waals surface area contributed by atoms with Gasteiger partial charge in [0.15, 0.2) is 0 Å². The lowest BCUT2D eigenvalue weighted by molar-refractivity contribution is -0.139. The van der Waals surface area contributed by atoms with E-state index in [1.807, 2.05) is 6.92 Å². The third kappa shape index (κ3) is 4.30. The van der Waals surface area contributed by atoms with Crippen LogP contribution in [0.25, 0.3) is 5.69 Å². The molecule has 6 nitrogen and oxygen atoms in total. The fraction of sp³-hybridized carbons (Fsp3) is 0.316. The first-order chi connectivity index (χ1) is 13.7. The Morgan fingerprint density at radius 1 is 1.14 bits per heavy atom. The molecule has 0 spiro atoms. The van der Waals surface area contributed by atoms with Crippen molar-refractivity contribution >= 4 is 0 Å². The molecule has 0 saturated carbocycles.